The van der Waals surface area contributed by atoms with Gasteiger partial charge in [0.25, 0.3) is 11.8 Å². The van der Waals surface area contributed by atoms with Gasteiger partial charge < -0.3 is 15.4 Å². The molecule has 1 aromatic carbocycles. The molecule has 0 spiro atoms. The lowest BCUT2D eigenvalue weighted by Gasteiger charge is -2.22. The number of methoxy groups -OCH3 is 1. The van der Waals surface area contributed by atoms with E-state index in [1.165, 1.54) is 12.0 Å². The highest BCUT2D eigenvalue weighted by molar-refractivity contribution is 7.81. The Morgan fingerprint density at radius 2 is 1.67 bits per heavy atom. The molecular formula is C23H31N3O6S. The van der Waals surface area contributed by atoms with Gasteiger partial charge in [0, 0.05) is 13.1 Å². The summed E-state index contributed by atoms with van der Waals surface area (Å²) in [7, 11) is 1.27. The van der Waals surface area contributed by atoms with Crippen LogP contribution in [0.25, 0.3) is 0 Å². The van der Waals surface area contributed by atoms with E-state index < -0.39 is 23.2 Å². The normalized spacial score (nSPS) is 14.6. The van der Waals surface area contributed by atoms with Gasteiger partial charge in [-0.2, -0.15) is 12.6 Å². The molecule has 10 heteroatoms. The molecule has 9 nitrogen and oxygen atoms in total. The summed E-state index contributed by atoms with van der Waals surface area (Å²) in [6.07, 6.45) is 1.18. The van der Waals surface area contributed by atoms with Crippen LogP contribution in [0.15, 0.2) is 24.3 Å². The molecule has 0 saturated heterocycles. The number of benzene rings is 1. The number of esters is 1. The lowest BCUT2D eigenvalue weighted by molar-refractivity contribution is -0.140. The number of ether oxygens (including phenoxy) is 1. The number of nitrogens with zero attached hydrogens (tertiary/aromatic N) is 1. The zero-order chi connectivity index (χ0) is 24.5. The molecule has 4 amide bonds. The van der Waals surface area contributed by atoms with Crippen LogP contribution < -0.4 is 10.6 Å². The van der Waals surface area contributed by atoms with Crippen molar-refractivity contribution in [3.63, 3.8) is 0 Å². The molecule has 0 radical (unpaired) electrons. The van der Waals surface area contributed by atoms with Crippen molar-refractivity contribution in [2.75, 3.05) is 20.2 Å². The van der Waals surface area contributed by atoms with E-state index in [-0.39, 0.29) is 43.1 Å². The number of hydrogen-bond acceptors (Lipinski definition) is 7. The number of hydrogen-bond donors (Lipinski definition) is 3. The molecule has 2 N–H and O–H groups in total. The van der Waals surface area contributed by atoms with E-state index in [1.807, 2.05) is 13.8 Å². The number of rotatable bonds is 12. The van der Waals surface area contributed by atoms with Gasteiger partial charge in [0.05, 0.1) is 29.9 Å². The Labute approximate surface area is 199 Å². The molecule has 0 aliphatic carbocycles. The van der Waals surface area contributed by atoms with Crippen LogP contribution in [0, 0.1) is 5.92 Å². The summed E-state index contributed by atoms with van der Waals surface area (Å²) < 4.78 is 4.54. The lowest BCUT2D eigenvalue weighted by Crippen LogP contribution is -2.49. The molecule has 2 rings (SSSR count). The smallest absolute Gasteiger partial charge is 0.307 e. The predicted octanol–water partition coefficient (Wildman–Crippen LogP) is 1.57. The first-order valence-electron chi connectivity index (χ1n) is 10.9. The minimum absolute atomic E-state index is 0.0393. The van der Waals surface area contributed by atoms with Crippen molar-refractivity contribution in [1.82, 2.24) is 15.5 Å². The van der Waals surface area contributed by atoms with Crippen molar-refractivity contribution in [2.45, 2.75) is 50.8 Å². The number of thiol groups is 1. The SMILES string of the molecule is COC(=O)CCNC(=O)[C@H](CC(C)C)NC(=O)C(S)CCCN1C(=O)c2ccccc2C1=O. The Morgan fingerprint density at radius 1 is 1.06 bits per heavy atom. The Balaban J connectivity index is 1.84. The van der Waals surface area contributed by atoms with E-state index in [0.29, 0.717) is 30.4 Å². The largest absolute Gasteiger partial charge is 0.469 e. The molecule has 0 saturated carbocycles. The van der Waals surface area contributed by atoms with E-state index >= 15 is 0 Å². The number of nitrogens with one attached hydrogen (secondary N) is 2. The van der Waals surface area contributed by atoms with Gasteiger partial charge in [-0.15, -0.1) is 0 Å². The zero-order valence-electron chi connectivity index (χ0n) is 19.1. The summed E-state index contributed by atoms with van der Waals surface area (Å²) in [6.45, 7) is 4.16. The van der Waals surface area contributed by atoms with Crippen LogP contribution in [0.2, 0.25) is 0 Å². The highest BCUT2D eigenvalue weighted by Gasteiger charge is 2.34. The van der Waals surface area contributed by atoms with Crippen LogP contribution in [-0.4, -0.2) is 66.0 Å². The average Bonchev–Trinajstić information content (AvgIpc) is 3.02. The molecule has 0 bridgehead atoms. The second-order valence-electron chi connectivity index (χ2n) is 8.27. The second kappa shape index (κ2) is 12.4. The Hall–Kier alpha value is -2.88. The fraction of sp³-hybridized carbons (Fsp3) is 0.522. The summed E-state index contributed by atoms with van der Waals surface area (Å²) in [5.41, 5.74) is 0.773. The third kappa shape index (κ3) is 7.31. The summed E-state index contributed by atoms with van der Waals surface area (Å²) in [6, 6.07) is 5.90. The fourth-order valence-corrected chi connectivity index (χ4v) is 3.76. The summed E-state index contributed by atoms with van der Waals surface area (Å²) in [4.78, 5) is 62.3. The molecule has 1 aliphatic heterocycles. The van der Waals surface area contributed by atoms with Crippen LogP contribution in [0.1, 0.15) is 60.2 Å². The highest BCUT2D eigenvalue weighted by atomic mass is 32.1. The van der Waals surface area contributed by atoms with Crippen molar-refractivity contribution in [3.05, 3.63) is 35.4 Å². The lowest BCUT2D eigenvalue weighted by atomic mass is 10.0. The monoisotopic (exact) mass is 477 g/mol. The third-order valence-electron chi connectivity index (χ3n) is 5.24. The van der Waals surface area contributed by atoms with Gasteiger partial charge in [-0.25, -0.2) is 0 Å². The average molecular weight is 478 g/mol. The molecule has 33 heavy (non-hydrogen) atoms. The summed E-state index contributed by atoms with van der Waals surface area (Å²) in [5.74, 6) is -1.75. The van der Waals surface area contributed by atoms with Crippen LogP contribution in [-0.2, 0) is 19.1 Å². The first kappa shape index (κ1) is 26.4. The topological polar surface area (TPSA) is 122 Å². The molecule has 1 aromatic rings. The number of fused-ring (bicyclic) bond motifs is 1. The fourth-order valence-electron chi connectivity index (χ4n) is 3.50. The molecule has 1 unspecified atom stereocenters. The minimum atomic E-state index is -0.763. The number of imide groups is 1. The minimum Gasteiger partial charge on any atom is -0.469 e. The van der Waals surface area contributed by atoms with Gasteiger partial charge in [0.15, 0.2) is 0 Å². The van der Waals surface area contributed by atoms with Crippen molar-refractivity contribution < 1.29 is 28.7 Å². The standard InChI is InChI=1S/C23H31N3O6S/c1-14(2)13-17(20(28)24-11-10-19(27)32-3)25-21(29)18(33)9-6-12-26-22(30)15-7-4-5-8-16(15)23(26)31/h4-5,7-8,14,17-18,33H,6,9-13H2,1-3H3,(H,24,28)(H,25,29)/t17-,18?/m0/s1. The number of carbonyl (C=O) groups excluding carboxylic acids is 5. The van der Waals surface area contributed by atoms with Gasteiger partial charge in [0.1, 0.15) is 6.04 Å². The van der Waals surface area contributed by atoms with Crippen molar-refractivity contribution in [2.24, 2.45) is 5.92 Å². The Kier molecular flexibility index (Phi) is 9.90. The summed E-state index contributed by atoms with van der Waals surface area (Å²) in [5, 5.41) is 4.64. The van der Waals surface area contributed by atoms with Crippen LogP contribution >= 0.6 is 12.6 Å². The first-order chi connectivity index (χ1) is 15.6. The highest BCUT2D eigenvalue weighted by Crippen LogP contribution is 2.23. The molecular weight excluding hydrogens is 446 g/mol. The van der Waals surface area contributed by atoms with E-state index in [2.05, 4.69) is 28.0 Å². The number of carbonyl (C=O) groups is 5. The third-order valence-corrected chi connectivity index (χ3v) is 5.73. The van der Waals surface area contributed by atoms with Gasteiger partial charge in [0.2, 0.25) is 11.8 Å². The zero-order valence-corrected chi connectivity index (χ0v) is 20.0. The quantitative estimate of drug-likeness (QED) is 0.239. The van der Waals surface area contributed by atoms with Gasteiger partial charge >= 0.3 is 5.97 Å². The van der Waals surface area contributed by atoms with Gasteiger partial charge in [-0.05, 0) is 37.3 Å². The predicted molar refractivity (Wildman–Crippen MR) is 125 cm³/mol. The van der Waals surface area contributed by atoms with Gasteiger partial charge in [-0.3, -0.25) is 28.9 Å². The molecule has 0 fully saturated rings. The van der Waals surface area contributed by atoms with Crippen LogP contribution in [0.4, 0.5) is 0 Å². The van der Waals surface area contributed by atoms with Crippen LogP contribution in [0.5, 0.6) is 0 Å². The first-order valence-corrected chi connectivity index (χ1v) is 11.5. The molecule has 1 aliphatic rings. The second-order valence-corrected chi connectivity index (χ2v) is 8.90. The molecule has 1 heterocycles. The number of amides is 4. The maximum absolute atomic E-state index is 12.6. The van der Waals surface area contributed by atoms with E-state index in [9.17, 15) is 24.0 Å². The van der Waals surface area contributed by atoms with Crippen molar-refractivity contribution in [1.29, 1.82) is 0 Å². The van der Waals surface area contributed by atoms with E-state index in [0.717, 1.165) is 0 Å². The van der Waals surface area contributed by atoms with Crippen molar-refractivity contribution >= 4 is 42.2 Å². The molecule has 180 valence electrons. The summed E-state index contributed by atoms with van der Waals surface area (Å²) >= 11 is 4.35. The Morgan fingerprint density at radius 3 is 2.21 bits per heavy atom. The molecule has 0 aromatic heterocycles. The van der Waals surface area contributed by atoms with Crippen LogP contribution in [0.3, 0.4) is 0 Å². The molecule has 2 atom stereocenters. The Bertz CT molecular complexity index is 869. The van der Waals surface area contributed by atoms with E-state index in [1.54, 1.807) is 24.3 Å². The van der Waals surface area contributed by atoms with E-state index in [4.69, 9.17) is 0 Å². The maximum Gasteiger partial charge on any atom is 0.307 e. The van der Waals surface area contributed by atoms with Crippen molar-refractivity contribution in [3.8, 4) is 0 Å². The maximum atomic E-state index is 12.6. The van der Waals surface area contributed by atoms with Gasteiger partial charge in [-0.1, -0.05) is 26.0 Å².